The quantitative estimate of drug-likeness (QED) is 0.849. The number of nitrogens with zero attached hydrogens (tertiary/aromatic N) is 1. The van der Waals surface area contributed by atoms with Gasteiger partial charge in [0.15, 0.2) is 0 Å². The Balaban J connectivity index is 1.90. The van der Waals surface area contributed by atoms with Crippen molar-refractivity contribution in [1.82, 2.24) is 4.72 Å². The second-order valence-electron chi connectivity index (χ2n) is 3.77. The molecule has 0 bridgehead atoms. The number of rotatable bonds is 4. The van der Waals surface area contributed by atoms with Gasteiger partial charge in [-0.1, -0.05) is 24.8 Å². The molecule has 0 saturated carbocycles. The first-order valence-corrected chi connectivity index (χ1v) is 6.60. The summed E-state index contributed by atoms with van der Waals surface area (Å²) in [4.78, 5) is 2.12. The molecule has 86 valence electrons. The molecule has 16 heavy (non-hydrogen) atoms. The highest BCUT2D eigenvalue weighted by Crippen LogP contribution is 2.20. The maximum Gasteiger partial charge on any atom is 0.233 e. The van der Waals surface area contributed by atoms with Gasteiger partial charge in [-0.15, -0.1) is 0 Å². The Bertz CT molecular complexity index is 464. The Hall–Kier alpha value is -1.33. The Morgan fingerprint density at radius 3 is 2.50 bits per heavy atom. The van der Waals surface area contributed by atoms with Gasteiger partial charge in [-0.25, -0.2) is 13.1 Å². The first kappa shape index (κ1) is 11.2. The lowest BCUT2D eigenvalue weighted by atomic mass is 10.1. The van der Waals surface area contributed by atoms with Crippen LogP contribution < -0.4 is 9.62 Å². The Labute approximate surface area is 95.6 Å². The summed E-state index contributed by atoms with van der Waals surface area (Å²) < 4.78 is 25.0. The maximum atomic E-state index is 11.2. The molecular weight excluding hydrogens is 224 g/mol. The van der Waals surface area contributed by atoms with Crippen molar-refractivity contribution < 1.29 is 8.42 Å². The summed E-state index contributed by atoms with van der Waals surface area (Å²) in [5.41, 5.74) is 1.12. The highest BCUT2D eigenvalue weighted by Gasteiger charge is 2.29. The van der Waals surface area contributed by atoms with E-state index in [2.05, 4.69) is 16.2 Å². The summed E-state index contributed by atoms with van der Waals surface area (Å²) in [7, 11) is -3.30. The second kappa shape index (κ2) is 4.27. The highest BCUT2D eigenvalue weighted by atomic mass is 32.2. The fraction of sp³-hybridized carbons (Fsp3) is 0.273. The fourth-order valence-corrected chi connectivity index (χ4v) is 2.39. The normalized spacial score (nSPS) is 16.9. The van der Waals surface area contributed by atoms with Crippen molar-refractivity contribution in [3.63, 3.8) is 0 Å². The van der Waals surface area contributed by atoms with Gasteiger partial charge >= 0.3 is 0 Å². The van der Waals surface area contributed by atoms with E-state index in [9.17, 15) is 8.42 Å². The van der Waals surface area contributed by atoms with Crippen LogP contribution in [0.25, 0.3) is 0 Å². The molecule has 1 N–H and O–H groups in total. The van der Waals surface area contributed by atoms with Crippen molar-refractivity contribution in [2.45, 2.75) is 6.04 Å². The minimum atomic E-state index is -3.30. The Morgan fingerprint density at radius 1 is 1.31 bits per heavy atom. The van der Waals surface area contributed by atoms with Crippen LogP contribution in [0.4, 0.5) is 5.69 Å². The van der Waals surface area contributed by atoms with Crippen LogP contribution in [0.5, 0.6) is 0 Å². The predicted molar refractivity (Wildman–Crippen MR) is 64.7 cm³/mol. The van der Waals surface area contributed by atoms with Crippen LogP contribution in [-0.4, -0.2) is 27.5 Å². The minimum absolute atomic E-state index is 0.0109. The van der Waals surface area contributed by atoms with E-state index in [1.54, 1.807) is 0 Å². The fourth-order valence-electron chi connectivity index (χ4n) is 1.68. The summed E-state index contributed by atoms with van der Waals surface area (Å²) in [6, 6.07) is 9.91. The van der Waals surface area contributed by atoms with Crippen molar-refractivity contribution in [3.05, 3.63) is 42.3 Å². The molecule has 5 heteroatoms. The largest absolute Gasteiger partial charge is 0.368 e. The number of hydrogen-bond acceptors (Lipinski definition) is 3. The van der Waals surface area contributed by atoms with Crippen molar-refractivity contribution in [2.24, 2.45) is 0 Å². The molecule has 1 fully saturated rings. The van der Waals surface area contributed by atoms with Gasteiger partial charge in [0.2, 0.25) is 10.0 Å². The zero-order valence-corrected chi connectivity index (χ0v) is 9.65. The zero-order chi connectivity index (χ0) is 11.6. The monoisotopic (exact) mass is 238 g/mol. The van der Waals surface area contributed by atoms with Crippen molar-refractivity contribution in [2.75, 3.05) is 18.0 Å². The highest BCUT2D eigenvalue weighted by molar-refractivity contribution is 7.92. The van der Waals surface area contributed by atoms with Crippen LogP contribution in [0.2, 0.25) is 0 Å². The van der Waals surface area contributed by atoms with Crippen LogP contribution in [0.15, 0.2) is 42.3 Å². The SMILES string of the molecule is C=CS(=O)(=O)NC1CN(c2ccccc2)C1. The molecule has 1 aliphatic heterocycles. The first-order chi connectivity index (χ1) is 7.61. The van der Waals surface area contributed by atoms with Gasteiger partial charge < -0.3 is 4.90 Å². The lowest BCUT2D eigenvalue weighted by molar-refractivity contribution is 0.472. The molecule has 0 aliphatic carbocycles. The van der Waals surface area contributed by atoms with Gasteiger partial charge in [0.25, 0.3) is 0 Å². The number of hydrogen-bond donors (Lipinski definition) is 1. The summed E-state index contributed by atoms with van der Waals surface area (Å²) in [6.07, 6.45) is 0. The number of sulfonamides is 1. The van der Waals surface area contributed by atoms with Crippen LogP contribution in [0, 0.1) is 0 Å². The van der Waals surface area contributed by atoms with Gasteiger partial charge in [-0.3, -0.25) is 0 Å². The Kier molecular flexibility index (Phi) is 2.98. The molecule has 0 unspecified atom stereocenters. The third-order valence-corrected chi connectivity index (χ3v) is 3.65. The molecule has 0 amide bonds. The predicted octanol–water partition coefficient (Wildman–Crippen LogP) is 0.938. The molecule has 0 radical (unpaired) electrons. The molecule has 4 nitrogen and oxygen atoms in total. The molecule has 2 rings (SSSR count). The average molecular weight is 238 g/mol. The second-order valence-corrected chi connectivity index (χ2v) is 5.43. The summed E-state index contributed by atoms with van der Waals surface area (Å²) in [5, 5.41) is 0.943. The van der Waals surface area contributed by atoms with Gasteiger partial charge in [0.1, 0.15) is 0 Å². The molecule has 1 aromatic rings. The van der Waals surface area contributed by atoms with E-state index in [1.165, 1.54) is 0 Å². The van der Waals surface area contributed by atoms with E-state index in [4.69, 9.17) is 0 Å². The maximum absolute atomic E-state index is 11.2. The first-order valence-electron chi connectivity index (χ1n) is 5.05. The lowest BCUT2D eigenvalue weighted by Gasteiger charge is -2.40. The van der Waals surface area contributed by atoms with Crippen LogP contribution in [-0.2, 0) is 10.0 Å². The molecule has 0 aromatic heterocycles. The van der Waals surface area contributed by atoms with Gasteiger partial charge in [0.05, 0.1) is 6.04 Å². The molecule has 1 aliphatic rings. The molecule has 1 aromatic carbocycles. The van der Waals surface area contributed by atoms with E-state index in [0.717, 1.165) is 11.1 Å². The smallest absolute Gasteiger partial charge is 0.233 e. The van der Waals surface area contributed by atoms with Gasteiger partial charge in [0, 0.05) is 24.2 Å². The molecule has 0 atom stereocenters. The molecular formula is C11H14N2O2S. The number of benzene rings is 1. The van der Waals surface area contributed by atoms with Crippen molar-refractivity contribution >= 4 is 15.7 Å². The minimum Gasteiger partial charge on any atom is -0.368 e. The molecule has 1 heterocycles. The summed E-state index contributed by atoms with van der Waals surface area (Å²) in [5.74, 6) is 0. The summed E-state index contributed by atoms with van der Waals surface area (Å²) >= 11 is 0. The standard InChI is InChI=1S/C11H14N2O2S/c1-2-16(14,15)12-10-8-13(9-10)11-6-4-3-5-7-11/h2-7,10,12H,1,8-9H2. The topological polar surface area (TPSA) is 49.4 Å². The van der Waals surface area contributed by atoms with Crippen LogP contribution in [0.1, 0.15) is 0 Å². The van der Waals surface area contributed by atoms with Crippen molar-refractivity contribution in [1.29, 1.82) is 0 Å². The third kappa shape index (κ3) is 2.43. The number of para-hydroxylation sites is 1. The van der Waals surface area contributed by atoms with Crippen LogP contribution in [0.3, 0.4) is 0 Å². The van der Waals surface area contributed by atoms with Gasteiger partial charge in [-0.2, -0.15) is 0 Å². The Morgan fingerprint density at radius 2 is 1.94 bits per heavy atom. The van der Waals surface area contributed by atoms with E-state index >= 15 is 0 Å². The zero-order valence-electron chi connectivity index (χ0n) is 8.83. The average Bonchev–Trinajstić information content (AvgIpc) is 2.24. The number of anilines is 1. The van der Waals surface area contributed by atoms with E-state index in [0.29, 0.717) is 13.1 Å². The molecule has 0 spiro atoms. The van der Waals surface area contributed by atoms with E-state index < -0.39 is 10.0 Å². The van der Waals surface area contributed by atoms with Gasteiger partial charge in [-0.05, 0) is 12.1 Å². The molecule has 1 saturated heterocycles. The third-order valence-electron chi connectivity index (χ3n) is 2.55. The van der Waals surface area contributed by atoms with E-state index in [-0.39, 0.29) is 6.04 Å². The number of nitrogens with one attached hydrogen (secondary N) is 1. The van der Waals surface area contributed by atoms with Crippen LogP contribution >= 0.6 is 0 Å². The van der Waals surface area contributed by atoms with Crippen molar-refractivity contribution in [3.8, 4) is 0 Å². The van der Waals surface area contributed by atoms with E-state index in [1.807, 2.05) is 30.3 Å². The lowest BCUT2D eigenvalue weighted by Crippen LogP contribution is -2.59. The summed E-state index contributed by atoms with van der Waals surface area (Å²) in [6.45, 7) is 4.67.